The monoisotopic (exact) mass is 415 g/mol. The second kappa shape index (κ2) is 6.88. The maximum absolute atomic E-state index is 12.5. The van der Waals surface area contributed by atoms with Gasteiger partial charge in [-0.1, -0.05) is 40.9 Å². The first kappa shape index (κ1) is 18.1. The molecule has 0 amide bonds. The molecule has 0 aliphatic carbocycles. The average Bonchev–Trinajstić information content (AvgIpc) is 2.90. The molecule has 3 aromatic rings. The lowest BCUT2D eigenvalue weighted by atomic mass is 10.2. The second-order valence-electron chi connectivity index (χ2n) is 5.26. The van der Waals surface area contributed by atoms with E-state index in [1.54, 1.807) is 41.8 Å². The van der Waals surface area contributed by atoms with Crippen molar-refractivity contribution in [3.05, 3.63) is 69.7 Å². The van der Waals surface area contributed by atoms with Crippen molar-refractivity contribution in [2.75, 3.05) is 4.72 Å². The van der Waals surface area contributed by atoms with E-state index in [-0.39, 0.29) is 15.2 Å². The van der Waals surface area contributed by atoms with Gasteiger partial charge >= 0.3 is 0 Å². The van der Waals surface area contributed by atoms with Crippen molar-refractivity contribution in [3.8, 4) is 5.69 Å². The van der Waals surface area contributed by atoms with E-state index >= 15 is 0 Å². The van der Waals surface area contributed by atoms with E-state index in [0.717, 1.165) is 5.56 Å². The van der Waals surface area contributed by atoms with E-state index in [2.05, 4.69) is 9.71 Å². The number of anilines is 1. The Morgan fingerprint density at radius 1 is 1.04 bits per heavy atom. The van der Waals surface area contributed by atoms with Gasteiger partial charge in [-0.2, -0.15) is 0 Å². The van der Waals surface area contributed by atoms with Crippen LogP contribution in [0.15, 0.2) is 53.7 Å². The van der Waals surface area contributed by atoms with Gasteiger partial charge in [-0.3, -0.25) is 9.29 Å². The van der Waals surface area contributed by atoms with Crippen LogP contribution in [0.4, 0.5) is 5.69 Å². The summed E-state index contributed by atoms with van der Waals surface area (Å²) in [6.07, 6.45) is 1.48. The zero-order valence-corrected chi connectivity index (χ0v) is 16.0. The Hall–Kier alpha value is -1.73. The minimum absolute atomic E-state index is 0.0941. The number of aromatic nitrogens is 2. The molecule has 1 N–H and O–H groups in total. The average molecular weight is 417 g/mol. The molecule has 9 heteroatoms. The van der Waals surface area contributed by atoms with Gasteiger partial charge in [0.1, 0.15) is 6.33 Å². The van der Waals surface area contributed by atoms with Crippen molar-refractivity contribution in [3.63, 3.8) is 0 Å². The fourth-order valence-electron chi connectivity index (χ4n) is 2.14. The third-order valence-corrected chi connectivity index (χ3v) is 6.04. The van der Waals surface area contributed by atoms with E-state index in [9.17, 15) is 8.42 Å². The highest BCUT2D eigenvalue weighted by Crippen LogP contribution is 2.26. The lowest BCUT2D eigenvalue weighted by Crippen LogP contribution is -2.13. The van der Waals surface area contributed by atoms with Gasteiger partial charge in [-0.25, -0.2) is 13.4 Å². The number of aryl methyl sites for hydroxylation is 1. The van der Waals surface area contributed by atoms with Gasteiger partial charge in [-0.15, -0.1) is 0 Å². The molecule has 0 bridgehead atoms. The van der Waals surface area contributed by atoms with Crippen molar-refractivity contribution in [1.82, 2.24) is 9.55 Å². The molecule has 0 radical (unpaired) electrons. The molecular formula is C16H12Cl3N3O2S. The van der Waals surface area contributed by atoms with Crippen LogP contribution in [-0.2, 0) is 10.0 Å². The van der Waals surface area contributed by atoms with Crippen LogP contribution in [0.1, 0.15) is 5.56 Å². The summed E-state index contributed by atoms with van der Waals surface area (Å²) in [5.41, 5.74) is 1.91. The van der Waals surface area contributed by atoms with Gasteiger partial charge in [0.2, 0.25) is 0 Å². The number of imidazole rings is 1. The first-order chi connectivity index (χ1) is 11.8. The summed E-state index contributed by atoms with van der Waals surface area (Å²) in [6, 6.07) is 11.2. The molecular weight excluding hydrogens is 405 g/mol. The standard InChI is InChI=1S/C16H12Cl3N3O2S/c1-10-2-7-13(8-14(10)17)25(23,24)21-11-3-5-12(6-4-11)22-9-20-15(18)16(22)19/h2-9,21H,1H3. The molecule has 0 aliphatic rings. The van der Waals surface area contributed by atoms with Crippen molar-refractivity contribution in [2.45, 2.75) is 11.8 Å². The molecule has 0 saturated carbocycles. The van der Waals surface area contributed by atoms with Crippen LogP contribution in [-0.4, -0.2) is 18.0 Å². The second-order valence-corrected chi connectivity index (χ2v) is 8.07. The number of benzene rings is 2. The van der Waals surface area contributed by atoms with Crippen LogP contribution < -0.4 is 4.72 Å². The van der Waals surface area contributed by atoms with Gasteiger partial charge in [0.25, 0.3) is 10.0 Å². The number of nitrogens with zero attached hydrogens (tertiary/aromatic N) is 2. The third kappa shape index (κ3) is 3.77. The lowest BCUT2D eigenvalue weighted by Gasteiger charge is -2.10. The lowest BCUT2D eigenvalue weighted by molar-refractivity contribution is 0.601. The van der Waals surface area contributed by atoms with E-state index in [4.69, 9.17) is 34.8 Å². The van der Waals surface area contributed by atoms with Crippen LogP contribution >= 0.6 is 34.8 Å². The third-order valence-electron chi connectivity index (χ3n) is 3.52. The molecule has 0 aliphatic heterocycles. The Balaban J connectivity index is 1.85. The fourth-order valence-corrected chi connectivity index (χ4v) is 3.79. The molecule has 0 fully saturated rings. The molecule has 0 spiro atoms. The summed E-state index contributed by atoms with van der Waals surface area (Å²) in [7, 11) is -3.73. The summed E-state index contributed by atoms with van der Waals surface area (Å²) in [4.78, 5) is 4.00. The zero-order chi connectivity index (χ0) is 18.2. The number of hydrogen-bond acceptors (Lipinski definition) is 3. The molecule has 1 aromatic heterocycles. The highest BCUT2D eigenvalue weighted by Gasteiger charge is 2.15. The number of rotatable bonds is 4. The molecule has 130 valence electrons. The minimum atomic E-state index is -3.73. The normalized spacial score (nSPS) is 11.5. The van der Waals surface area contributed by atoms with Crippen LogP contribution in [0.2, 0.25) is 15.3 Å². The Morgan fingerprint density at radius 2 is 1.72 bits per heavy atom. The molecule has 3 rings (SSSR count). The van der Waals surface area contributed by atoms with Gasteiger partial charge in [0.15, 0.2) is 10.3 Å². The predicted molar refractivity (Wildman–Crippen MR) is 101 cm³/mol. The fraction of sp³-hybridized carbons (Fsp3) is 0.0625. The number of sulfonamides is 1. The zero-order valence-electron chi connectivity index (χ0n) is 12.9. The highest BCUT2D eigenvalue weighted by atomic mass is 35.5. The van der Waals surface area contributed by atoms with E-state index in [1.165, 1.54) is 18.5 Å². The summed E-state index contributed by atoms with van der Waals surface area (Å²) in [5, 5.41) is 0.872. The van der Waals surface area contributed by atoms with Crippen LogP contribution in [0.3, 0.4) is 0 Å². The van der Waals surface area contributed by atoms with Gasteiger partial charge in [-0.05, 0) is 48.9 Å². The molecule has 0 atom stereocenters. The number of halogens is 3. The molecule has 1 heterocycles. The maximum atomic E-state index is 12.5. The van der Waals surface area contributed by atoms with Crippen LogP contribution in [0.5, 0.6) is 0 Å². The molecule has 0 unspecified atom stereocenters. The molecule has 2 aromatic carbocycles. The largest absolute Gasteiger partial charge is 0.288 e. The smallest absolute Gasteiger partial charge is 0.261 e. The molecule has 0 saturated heterocycles. The van der Waals surface area contributed by atoms with Crippen molar-refractivity contribution in [2.24, 2.45) is 0 Å². The number of nitrogens with one attached hydrogen (secondary N) is 1. The predicted octanol–water partition coefficient (Wildman–Crippen LogP) is 4.94. The highest BCUT2D eigenvalue weighted by molar-refractivity contribution is 7.92. The Morgan fingerprint density at radius 3 is 2.28 bits per heavy atom. The Labute approximate surface area is 160 Å². The minimum Gasteiger partial charge on any atom is -0.288 e. The van der Waals surface area contributed by atoms with Crippen molar-refractivity contribution < 1.29 is 8.42 Å². The topological polar surface area (TPSA) is 64.0 Å². The van der Waals surface area contributed by atoms with Crippen LogP contribution in [0.25, 0.3) is 5.69 Å². The SMILES string of the molecule is Cc1ccc(S(=O)(=O)Nc2ccc(-n3cnc(Cl)c3Cl)cc2)cc1Cl. The van der Waals surface area contributed by atoms with E-state index in [0.29, 0.717) is 16.4 Å². The van der Waals surface area contributed by atoms with Gasteiger partial charge in [0.05, 0.1) is 4.90 Å². The Kier molecular flexibility index (Phi) is 4.97. The van der Waals surface area contributed by atoms with Crippen molar-refractivity contribution in [1.29, 1.82) is 0 Å². The molecule has 5 nitrogen and oxygen atoms in total. The Bertz CT molecular complexity index is 1030. The van der Waals surface area contributed by atoms with Crippen molar-refractivity contribution >= 4 is 50.5 Å². The van der Waals surface area contributed by atoms with Gasteiger partial charge in [0, 0.05) is 16.4 Å². The van der Waals surface area contributed by atoms with Gasteiger partial charge < -0.3 is 0 Å². The van der Waals surface area contributed by atoms with Crippen LogP contribution in [0, 0.1) is 6.92 Å². The van der Waals surface area contributed by atoms with E-state index in [1.807, 2.05) is 0 Å². The summed E-state index contributed by atoms with van der Waals surface area (Å²) in [5.74, 6) is 0. The van der Waals surface area contributed by atoms with E-state index < -0.39 is 10.0 Å². The summed E-state index contributed by atoms with van der Waals surface area (Å²) >= 11 is 17.9. The quantitative estimate of drug-likeness (QED) is 0.655. The first-order valence-corrected chi connectivity index (χ1v) is 9.67. The first-order valence-electron chi connectivity index (χ1n) is 7.06. The maximum Gasteiger partial charge on any atom is 0.261 e. The number of hydrogen-bond donors (Lipinski definition) is 1. The molecule has 25 heavy (non-hydrogen) atoms. The summed E-state index contributed by atoms with van der Waals surface area (Å²) in [6.45, 7) is 1.80. The summed E-state index contributed by atoms with van der Waals surface area (Å²) < 4.78 is 29.0.